The highest BCUT2D eigenvalue weighted by molar-refractivity contribution is 5.89. The number of aromatic nitrogens is 2. The smallest absolute Gasteiger partial charge is 0.422 e. The molecule has 1 fully saturated rings. The van der Waals surface area contributed by atoms with E-state index in [1.807, 2.05) is 0 Å². The van der Waals surface area contributed by atoms with Crippen LogP contribution >= 0.6 is 0 Å². The lowest BCUT2D eigenvalue weighted by atomic mass is 10.1. The number of nitrogens with one attached hydrogen (secondary N) is 1. The van der Waals surface area contributed by atoms with Crippen molar-refractivity contribution in [2.75, 3.05) is 23.4 Å². The molecule has 2 N–H and O–H groups in total. The number of nitrogens with zero attached hydrogens (tertiary/aromatic N) is 3. The highest BCUT2D eigenvalue weighted by Crippen LogP contribution is 2.27. The first-order chi connectivity index (χ1) is 14.5. The molecule has 0 spiro atoms. The van der Waals surface area contributed by atoms with Crippen molar-refractivity contribution in [2.24, 2.45) is 0 Å². The number of cyclic esters (lactones) is 1. The van der Waals surface area contributed by atoms with Gasteiger partial charge in [-0.2, -0.15) is 18.2 Å². The first-order valence-electron chi connectivity index (χ1n) is 9.28. The number of alkyl halides is 3. The lowest BCUT2D eigenvalue weighted by molar-refractivity contribution is -0.153. The van der Waals surface area contributed by atoms with Gasteiger partial charge in [-0.1, -0.05) is 6.07 Å². The lowest BCUT2D eigenvalue weighted by Gasteiger charge is -2.23. The molecule has 1 aliphatic heterocycles. The minimum Gasteiger partial charge on any atom is -0.481 e. The van der Waals surface area contributed by atoms with Gasteiger partial charge in [-0.3, -0.25) is 4.90 Å². The highest BCUT2D eigenvalue weighted by Gasteiger charge is 2.38. The van der Waals surface area contributed by atoms with Crippen LogP contribution in [-0.4, -0.2) is 52.7 Å². The van der Waals surface area contributed by atoms with Crippen molar-refractivity contribution in [1.29, 1.82) is 0 Å². The predicted octanol–water partition coefficient (Wildman–Crippen LogP) is 3.44. The third-order valence-electron chi connectivity index (χ3n) is 4.54. The number of anilines is 2. The molecule has 12 heteroatoms. The molecule has 31 heavy (non-hydrogen) atoms. The summed E-state index contributed by atoms with van der Waals surface area (Å²) in [5, 5.41) is 12.8. The van der Waals surface area contributed by atoms with Gasteiger partial charge in [0.2, 0.25) is 5.95 Å². The second kappa shape index (κ2) is 8.92. The van der Waals surface area contributed by atoms with Crippen LogP contribution in [0.3, 0.4) is 0 Å². The average Bonchev–Trinajstić information content (AvgIpc) is 3.08. The molecule has 8 nitrogen and oxygen atoms in total. The molecule has 1 aliphatic rings. The van der Waals surface area contributed by atoms with Crippen LogP contribution < -0.4 is 15.0 Å². The molecule has 0 aliphatic carbocycles. The monoisotopic (exact) mass is 444 g/mol. The van der Waals surface area contributed by atoms with Crippen molar-refractivity contribution in [2.45, 2.75) is 38.2 Å². The van der Waals surface area contributed by atoms with Gasteiger partial charge in [0.05, 0.1) is 12.1 Å². The summed E-state index contributed by atoms with van der Waals surface area (Å²) in [6.07, 6.45) is -4.67. The Labute approximate surface area is 174 Å². The molecule has 2 aromatic rings. The number of aliphatic hydroxyl groups is 1. The van der Waals surface area contributed by atoms with E-state index in [0.717, 1.165) is 12.1 Å². The maximum absolute atomic E-state index is 14.1. The number of ether oxygens (including phenoxy) is 2. The molecule has 2 heterocycles. The third-order valence-corrected chi connectivity index (χ3v) is 4.54. The van der Waals surface area contributed by atoms with Gasteiger partial charge in [0.15, 0.2) is 18.2 Å². The standard InChI is InChI=1S/C19H20F4N4O4/c1-10(12-3-4-15(13(20)7-12)31-9-19(21,22)23)25-17-24-6-5-16(26-17)27-14(11(2)28)8-30-18(27)29/h3-7,10-11,14,28H,8-9H2,1-2H3,(H,24,25,26)/t10-,11+,14+/m0/s1. The predicted molar refractivity (Wildman–Crippen MR) is 101 cm³/mol. The maximum Gasteiger partial charge on any atom is 0.422 e. The van der Waals surface area contributed by atoms with Crippen molar-refractivity contribution in [3.8, 4) is 5.75 Å². The second-order valence-corrected chi connectivity index (χ2v) is 6.95. The molecule has 3 atom stereocenters. The van der Waals surface area contributed by atoms with Crippen LogP contribution in [0.4, 0.5) is 34.1 Å². The Morgan fingerprint density at radius 3 is 2.74 bits per heavy atom. The van der Waals surface area contributed by atoms with Crippen LogP contribution in [-0.2, 0) is 4.74 Å². The van der Waals surface area contributed by atoms with Gasteiger partial charge in [-0.15, -0.1) is 0 Å². The van der Waals surface area contributed by atoms with E-state index in [0.29, 0.717) is 5.56 Å². The van der Waals surface area contributed by atoms with Crippen LogP contribution in [0.25, 0.3) is 0 Å². The Morgan fingerprint density at radius 2 is 2.10 bits per heavy atom. The van der Waals surface area contributed by atoms with Crippen molar-refractivity contribution in [1.82, 2.24) is 9.97 Å². The van der Waals surface area contributed by atoms with Crippen molar-refractivity contribution in [3.05, 3.63) is 41.8 Å². The number of hydrogen-bond acceptors (Lipinski definition) is 7. The van der Waals surface area contributed by atoms with Gasteiger partial charge < -0.3 is 19.9 Å². The molecule has 1 saturated heterocycles. The van der Waals surface area contributed by atoms with Gasteiger partial charge in [-0.05, 0) is 37.6 Å². The fourth-order valence-electron chi connectivity index (χ4n) is 2.95. The Morgan fingerprint density at radius 1 is 1.35 bits per heavy atom. The quantitative estimate of drug-likeness (QED) is 0.632. The molecule has 1 amide bonds. The molecule has 0 bridgehead atoms. The first kappa shape index (κ1) is 22.5. The average molecular weight is 444 g/mol. The number of amides is 1. The van der Waals surface area contributed by atoms with E-state index in [9.17, 15) is 27.5 Å². The third kappa shape index (κ3) is 5.51. The number of aliphatic hydroxyl groups excluding tert-OH is 1. The normalized spacial score (nSPS) is 18.5. The van der Waals surface area contributed by atoms with E-state index in [1.165, 1.54) is 30.2 Å². The summed E-state index contributed by atoms with van der Waals surface area (Å²) < 4.78 is 60.3. The summed E-state index contributed by atoms with van der Waals surface area (Å²) in [6, 6.07) is 3.92. The van der Waals surface area contributed by atoms with E-state index >= 15 is 0 Å². The Kier molecular flexibility index (Phi) is 6.48. The SMILES string of the molecule is C[C@H](Nc1nccc(N2C(=O)OC[C@@H]2[C@@H](C)O)n1)c1ccc(OCC(F)(F)F)c(F)c1. The summed E-state index contributed by atoms with van der Waals surface area (Å²) in [5.74, 6) is -1.13. The molecule has 3 rings (SSSR count). The number of halogens is 4. The summed E-state index contributed by atoms with van der Waals surface area (Å²) in [6.45, 7) is 1.62. The Bertz CT molecular complexity index is 941. The fraction of sp³-hybridized carbons (Fsp3) is 0.421. The highest BCUT2D eigenvalue weighted by atomic mass is 19.4. The lowest BCUT2D eigenvalue weighted by Crippen LogP contribution is -2.41. The summed E-state index contributed by atoms with van der Waals surface area (Å²) in [5.41, 5.74) is 0.410. The Balaban J connectivity index is 1.72. The van der Waals surface area contributed by atoms with Crippen LogP contribution in [0.2, 0.25) is 0 Å². The molecule has 0 unspecified atom stereocenters. The number of carbonyl (C=O) groups excluding carboxylic acids is 1. The number of rotatable bonds is 7. The topological polar surface area (TPSA) is 96.8 Å². The summed E-state index contributed by atoms with van der Waals surface area (Å²) in [4.78, 5) is 21.5. The number of carbonyl (C=O) groups is 1. The molecule has 1 aromatic carbocycles. The van der Waals surface area contributed by atoms with Gasteiger partial charge in [-0.25, -0.2) is 14.2 Å². The molecule has 1 aromatic heterocycles. The van der Waals surface area contributed by atoms with Gasteiger partial charge in [0.25, 0.3) is 0 Å². The zero-order valence-electron chi connectivity index (χ0n) is 16.6. The summed E-state index contributed by atoms with van der Waals surface area (Å²) in [7, 11) is 0. The van der Waals surface area contributed by atoms with Crippen molar-refractivity contribution in [3.63, 3.8) is 0 Å². The zero-order valence-corrected chi connectivity index (χ0v) is 16.6. The van der Waals surface area contributed by atoms with E-state index in [-0.39, 0.29) is 18.4 Å². The van der Waals surface area contributed by atoms with Crippen molar-refractivity contribution < 1.29 is 36.9 Å². The minimum atomic E-state index is -4.57. The van der Waals surface area contributed by atoms with E-state index in [1.54, 1.807) is 6.92 Å². The van der Waals surface area contributed by atoms with Gasteiger partial charge in [0.1, 0.15) is 18.5 Å². The van der Waals surface area contributed by atoms with Gasteiger partial charge in [0, 0.05) is 6.20 Å². The largest absolute Gasteiger partial charge is 0.481 e. The van der Waals surface area contributed by atoms with Gasteiger partial charge >= 0.3 is 12.3 Å². The molecule has 168 valence electrons. The van der Waals surface area contributed by atoms with E-state index < -0.39 is 48.6 Å². The van der Waals surface area contributed by atoms with E-state index in [2.05, 4.69) is 20.0 Å². The Hall–Kier alpha value is -3.15. The van der Waals surface area contributed by atoms with Crippen LogP contribution in [0, 0.1) is 5.82 Å². The first-order valence-corrected chi connectivity index (χ1v) is 9.28. The van der Waals surface area contributed by atoms with Crippen LogP contribution in [0.5, 0.6) is 5.75 Å². The molecular weight excluding hydrogens is 424 g/mol. The molecular formula is C19H20F4N4O4. The number of benzene rings is 1. The fourth-order valence-corrected chi connectivity index (χ4v) is 2.95. The van der Waals surface area contributed by atoms with Crippen molar-refractivity contribution >= 4 is 17.9 Å². The second-order valence-electron chi connectivity index (χ2n) is 6.95. The zero-order chi connectivity index (χ0) is 22.8. The minimum absolute atomic E-state index is 0.0156. The van der Waals surface area contributed by atoms with E-state index in [4.69, 9.17) is 4.74 Å². The molecule has 0 saturated carbocycles. The maximum atomic E-state index is 14.1. The molecule has 0 radical (unpaired) electrons. The van der Waals surface area contributed by atoms with Crippen LogP contribution in [0.15, 0.2) is 30.5 Å². The van der Waals surface area contributed by atoms with Crippen LogP contribution in [0.1, 0.15) is 25.5 Å². The summed E-state index contributed by atoms with van der Waals surface area (Å²) >= 11 is 0. The number of hydrogen-bond donors (Lipinski definition) is 2.